The summed E-state index contributed by atoms with van der Waals surface area (Å²) in [6.45, 7) is 2.44. The second-order valence-corrected chi connectivity index (χ2v) is 30.0. The molecule has 1 aromatic carbocycles. The fourth-order valence-electron chi connectivity index (χ4n) is 13.0. The van der Waals surface area contributed by atoms with E-state index in [0.29, 0.717) is 18.4 Å². The summed E-state index contributed by atoms with van der Waals surface area (Å²) in [6.07, 6.45) is -1.24. The Balaban J connectivity index is 1.49. The number of aryl methyl sites for hydroxylation is 1. The monoisotopic (exact) mass is 1610 g/mol. The van der Waals surface area contributed by atoms with Crippen LogP contribution in [0.1, 0.15) is 127 Å². The maximum Gasteiger partial charge on any atom is 0.358 e. The fourth-order valence-corrected chi connectivity index (χ4v) is 15.3. The lowest BCUT2D eigenvalue weighted by atomic mass is 9.96. The van der Waals surface area contributed by atoms with Gasteiger partial charge in [0.25, 0.3) is 0 Å². The third-order valence-electron chi connectivity index (χ3n) is 19.3. The molecule has 0 spiro atoms. The van der Waals surface area contributed by atoms with Crippen molar-refractivity contribution in [3.05, 3.63) is 47.8 Å². The molecule has 1 aromatic heterocycles. The minimum atomic E-state index is -1.97. The first-order valence-electron chi connectivity index (χ1n) is 36.9. The number of carboxylic acids is 3. The Labute approximate surface area is 651 Å². The number of aliphatic carboxylic acids is 2. The summed E-state index contributed by atoms with van der Waals surface area (Å²) in [4.78, 5) is 233. The minimum Gasteiger partial charge on any atom is -0.481 e. The number of nitrogens with zero attached hydrogens (tertiary/aromatic N) is 7. The summed E-state index contributed by atoms with van der Waals surface area (Å²) >= 11 is 0. The van der Waals surface area contributed by atoms with Crippen molar-refractivity contribution in [2.75, 3.05) is 57.4 Å². The summed E-state index contributed by atoms with van der Waals surface area (Å²) in [6, 6.07) is -12.8. The number of rotatable bonds is 30. The molecule has 0 saturated carbocycles. The van der Waals surface area contributed by atoms with E-state index in [1.54, 1.807) is 44.2 Å². The van der Waals surface area contributed by atoms with Crippen molar-refractivity contribution < 1.29 is 102 Å². The second kappa shape index (κ2) is 44.7. The minimum absolute atomic E-state index is 0.0103. The van der Waals surface area contributed by atoms with Gasteiger partial charge < -0.3 is 116 Å². The molecule has 4 fully saturated rings. The van der Waals surface area contributed by atoms with Crippen LogP contribution in [0.2, 0.25) is 0 Å². The van der Waals surface area contributed by atoms with Crippen molar-refractivity contribution in [3.63, 3.8) is 0 Å². The number of hydrogen-bond acceptors (Lipinski definition) is 25. The van der Waals surface area contributed by atoms with Crippen LogP contribution in [0.25, 0.3) is 0 Å². The number of unbranched alkanes of at least 4 members (excludes halogenated alkanes) is 1. The van der Waals surface area contributed by atoms with Gasteiger partial charge in [-0.25, -0.2) is 9.59 Å². The number of amides is 13. The van der Waals surface area contributed by atoms with E-state index in [-0.39, 0.29) is 116 Å². The first kappa shape index (κ1) is 90.6. The highest BCUT2D eigenvalue weighted by molar-refractivity contribution is 8.76. The predicted octanol–water partition coefficient (Wildman–Crippen LogP) is -7.06. The van der Waals surface area contributed by atoms with Crippen molar-refractivity contribution in [1.29, 1.82) is 0 Å². The van der Waals surface area contributed by atoms with E-state index in [1.807, 2.05) is 0 Å². The van der Waals surface area contributed by atoms with Gasteiger partial charge in [0, 0.05) is 50.7 Å². The Bertz CT molecular complexity index is 3710. The first-order valence-corrected chi connectivity index (χ1v) is 39.3. The number of aliphatic hydroxyl groups excluding tert-OH is 2. The molecule has 5 heterocycles. The number of fused-ring (bicyclic) bond motifs is 2. The molecule has 2 aromatic rings. The fraction of sp³-hybridized carbons (Fsp3) is 0.632. The van der Waals surface area contributed by atoms with Crippen LogP contribution in [0.4, 0.5) is 0 Å². The van der Waals surface area contributed by atoms with E-state index in [0.717, 1.165) is 44.3 Å². The molecule has 13 amide bonds. The zero-order valence-electron chi connectivity index (χ0n) is 62.3. The lowest BCUT2D eigenvalue weighted by molar-refractivity contribution is -0.149. The maximum atomic E-state index is 15.4. The van der Waals surface area contributed by atoms with E-state index < -0.39 is 228 Å². The number of aliphatic hydroxyl groups is 2. The van der Waals surface area contributed by atoms with Crippen LogP contribution in [0.3, 0.4) is 0 Å². The topological polar surface area (TPSA) is 651 Å². The normalized spacial score (nSPS) is 24.2. The van der Waals surface area contributed by atoms with E-state index in [2.05, 4.69) is 68.5 Å². The smallest absolute Gasteiger partial charge is 0.358 e. The van der Waals surface area contributed by atoms with E-state index in [4.69, 9.17) is 22.9 Å². The van der Waals surface area contributed by atoms with E-state index in [1.165, 1.54) is 9.80 Å². The summed E-state index contributed by atoms with van der Waals surface area (Å²) in [5.74, 6) is -19.5. The molecule has 0 unspecified atom stereocenters. The van der Waals surface area contributed by atoms with Crippen molar-refractivity contribution >= 4 is 122 Å². The predicted molar refractivity (Wildman–Crippen MR) is 400 cm³/mol. The Kier molecular flexibility index (Phi) is 36.1. The third-order valence-corrected chi connectivity index (χ3v) is 21.7. The highest BCUT2D eigenvalue weighted by atomic mass is 33.1. The van der Waals surface area contributed by atoms with Gasteiger partial charge in [-0.15, -0.1) is 5.10 Å². The summed E-state index contributed by atoms with van der Waals surface area (Å²) < 4.78 is 1.05. The Morgan fingerprint density at radius 2 is 1.29 bits per heavy atom. The van der Waals surface area contributed by atoms with Crippen LogP contribution in [-0.4, -0.2) is 298 Å². The number of aromatic carboxylic acids is 1. The molecule has 0 radical (unpaired) electrons. The number of hydrogen-bond donors (Lipinski definition) is 19. The SMILES string of the molecule is CC[C@H](C)[C@@H]1NC(=O)[C@H](CO)NC(=O)[C@H](CCCCN)NC(=O)[C@H]([C@@H](C)O)NC(=O)[C@@H](NC(=O)[C@H](CCCN=C(N)N)NC(=O)CN)CSSC[C@@H](C(=O)N[C@@H](Cc2ccccc2)C(=O)N2CCC[C@H]2C(=O)N[C@@H](CC(=O)O)C(=O)O)NC(=O)[C@H](CCn2cc(C(=O)O)nn2)NC(=O)[C@@H]2CCCN2C(=O)[C@@H]2CCCN2C1=O. The molecule has 0 bridgehead atoms. The number of guanidine groups is 1. The third kappa shape index (κ3) is 26.7. The van der Waals surface area contributed by atoms with Gasteiger partial charge in [-0.2, -0.15) is 0 Å². The van der Waals surface area contributed by atoms with Crippen LogP contribution in [0.5, 0.6) is 0 Å². The number of carbonyl (C=O) groups is 16. The number of aliphatic imine (C=N–C) groups is 1. The number of nitrogens with one attached hydrogen (secondary N) is 10. The Morgan fingerprint density at radius 3 is 1.91 bits per heavy atom. The highest BCUT2D eigenvalue weighted by Gasteiger charge is 2.47. The van der Waals surface area contributed by atoms with Gasteiger partial charge in [-0.05, 0) is 102 Å². The zero-order chi connectivity index (χ0) is 82.5. The number of nitrogens with two attached hydrogens (primary N) is 4. The lowest BCUT2D eigenvalue weighted by Gasteiger charge is -2.35. The van der Waals surface area contributed by atoms with Gasteiger partial charge >= 0.3 is 17.9 Å². The van der Waals surface area contributed by atoms with Crippen molar-refractivity contribution in [1.82, 2.24) is 82.9 Å². The average molecular weight is 1610 g/mol. The van der Waals surface area contributed by atoms with Gasteiger partial charge in [-0.3, -0.25) is 76.8 Å². The van der Waals surface area contributed by atoms with Crippen molar-refractivity contribution in [2.24, 2.45) is 33.8 Å². The number of carbonyl (C=O) groups excluding carboxylic acids is 13. The van der Waals surface area contributed by atoms with E-state index in [9.17, 15) is 83.1 Å². The molecule has 42 nitrogen and oxygen atoms in total. The van der Waals surface area contributed by atoms with Crippen LogP contribution in [0, 0.1) is 5.92 Å². The summed E-state index contributed by atoms with van der Waals surface area (Å²) in [7, 11) is 1.51. The molecule has 6 rings (SSSR count). The number of likely N-dealkylation sites (tertiary alicyclic amines) is 1. The molecule has 4 aliphatic rings. The molecule has 44 heteroatoms. The molecule has 0 aliphatic carbocycles. The quantitative estimate of drug-likeness (QED) is 0.0150. The molecule has 4 aliphatic heterocycles. The van der Waals surface area contributed by atoms with E-state index >= 15 is 19.2 Å². The molecule has 23 N–H and O–H groups in total. The van der Waals surface area contributed by atoms with Gasteiger partial charge in [0.2, 0.25) is 76.8 Å². The second-order valence-electron chi connectivity index (χ2n) is 27.5. The number of carboxylic acid groups (broad SMARTS) is 3. The molecular formula is C68H103N21O21S2. The van der Waals surface area contributed by atoms with Crippen molar-refractivity contribution in [2.45, 2.75) is 208 Å². The van der Waals surface area contributed by atoms with Crippen LogP contribution >= 0.6 is 21.6 Å². The van der Waals surface area contributed by atoms with Crippen LogP contribution in [0.15, 0.2) is 41.5 Å². The van der Waals surface area contributed by atoms with Crippen LogP contribution in [-0.2, 0) is 84.9 Å². The molecule has 15 atom stereocenters. The Morgan fingerprint density at radius 1 is 0.670 bits per heavy atom. The number of aromatic nitrogens is 3. The number of benzene rings is 1. The molecule has 4 saturated heterocycles. The molecule has 618 valence electrons. The average Bonchev–Trinajstić information content (AvgIpc) is 1.66. The van der Waals surface area contributed by atoms with Crippen LogP contribution < -0.4 is 76.1 Å². The van der Waals surface area contributed by atoms with Gasteiger partial charge in [0.15, 0.2) is 11.7 Å². The lowest BCUT2D eigenvalue weighted by Crippen LogP contribution is -2.62. The van der Waals surface area contributed by atoms with Crippen molar-refractivity contribution in [3.8, 4) is 0 Å². The van der Waals surface area contributed by atoms with Gasteiger partial charge in [0.05, 0.1) is 31.9 Å². The highest BCUT2D eigenvalue weighted by Crippen LogP contribution is 2.29. The standard InChI is InChI=1S/C68H103N21O21S2/c1-4-35(2)52-65(106)89-26-13-20-49(89)64(105)88-25-12-19-48(88)60(101)75-40(21-27-86-31-43(67(109)110)84-85-86)56(97)80-45(58(99)77-41(28-37-14-6-5-7-15-37)63(104)87-24-11-18-47(87)61(102)78-42(66(107)108)29-51(93)94)33-111-112-34-46(81-54(95)38(74-50(92)30-70)17-10-23-73-68(71)72)59(100)83-53(36(3)91)62(103)76-39(16-8-9-22-69)55(96)79-44(32-90)57(98)82-52/h5-7,14-15,31,35-36,38-42,44-49,52-53,90-91H,4,8-13,16-30,32-34,69-70H2,1-3H3,(H,74,92)(H,75,101)(H,76,103)(H,77,99)(H,78,102)(H,79,96)(H,80,97)(H,81,95)(H,82,98)(H,83,100)(H,93,94)(H,107,108)(H,109,110)(H4,71,72,73)/t35-,36+,38-,39-,40-,41-,42-,44-,45-,46-,47-,48-,49-,52-,53-/m0/s1. The molecular weight excluding hydrogens is 1510 g/mol. The zero-order valence-corrected chi connectivity index (χ0v) is 64.0. The maximum absolute atomic E-state index is 15.4. The summed E-state index contributed by atoms with van der Waals surface area (Å²) in [5, 5.41) is 83.6. The largest absolute Gasteiger partial charge is 0.481 e. The molecule has 112 heavy (non-hydrogen) atoms. The van der Waals surface area contributed by atoms with Gasteiger partial charge in [-0.1, -0.05) is 77.4 Å². The summed E-state index contributed by atoms with van der Waals surface area (Å²) in [5.41, 5.74) is 22.4. The van der Waals surface area contributed by atoms with Gasteiger partial charge in [0.1, 0.15) is 78.5 Å². The first-order chi connectivity index (χ1) is 53.3. The Hall–Kier alpha value is -10.3.